The van der Waals surface area contributed by atoms with E-state index in [1.54, 1.807) is 24.3 Å². The van der Waals surface area contributed by atoms with Gasteiger partial charge in [-0.2, -0.15) is 9.50 Å². The molecule has 29 heavy (non-hydrogen) atoms. The Kier molecular flexibility index (Phi) is 4.29. The molecule has 0 saturated heterocycles. The van der Waals surface area contributed by atoms with Gasteiger partial charge in [-0.3, -0.25) is 4.79 Å². The summed E-state index contributed by atoms with van der Waals surface area (Å²) in [5.41, 5.74) is 2.52. The fourth-order valence-electron chi connectivity index (χ4n) is 3.05. The molecule has 1 aliphatic heterocycles. The summed E-state index contributed by atoms with van der Waals surface area (Å²) in [4.78, 5) is 17.6. The van der Waals surface area contributed by atoms with Crippen molar-refractivity contribution in [1.29, 1.82) is 0 Å². The van der Waals surface area contributed by atoms with Gasteiger partial charge >= 0.3 is 0 Å². The molecule has 0 radical (unpaired) electrons. The van der Waals surface area contributed by atoms with Crippen LogP contribution in [-0.4, -0.2) is 21.2 Å². The van der Waals surface area contributed by atoms with Crippen molar-refractivity contribution in [3.8, 4) is 5.75 Å². The van der Waals surface area contributed by atoms with E-state index in [-0.39, 0.29) is 11.4 Å². The Morgan fingerprint density at radius 1 is 1.10 bits per heavy atom. The average molecular weight is 403 g/mol. The predicted molar refractivity (Wildman–Crippen MR) is 112 cm³/mol. The van der Waals surface area contributed by atoms with Crippen LogP contribution < -0.4 is 14.8 Å². The second-order valence-corrected chi connectivity index (χ2v) is 7.52. The Bertz CT molecular complexity index is 1380. The van der Waals surface area contributed by atoms with Crippen LogP contribution in [0.1, 0.15) is 17.0 Å². The number of benzene rings is 2. The highest BCUT2D eigenvalue weighted by atomic mass is 32.1. The quantitative estimate of drug-likeness (QED) is 0.526. The van der Waals surface area contributed by atoms with Crippen LogP contribution in [0.25, 0.3) is 29.3 Å². The van der Waals surface area contributed by atoms with Gasteiger partial charge in [0.1, 0.15) is 18.2 Å². The number of nitrogens with zero attached hydrogens (tertiary/aromatic N) is 3. The number of thiazole rings is 1. The molecule has 0 spiro atoms. The van der Waals surface area contributed by atoms with Gasteiger partial charge in [-0.25, -0.2) is 4.39 Å². The summed E-state index contributed by atoms with van der Waals surface area (Å²) >= 11 is 1.28. The lowest BCUT2D eigenvalue weighted by Gasteiger charge is -2.15. The molecule has 142 valence electrons. The van der Waals surface area contributed by atoms with E-state index in [1.165, 1.54) is 28.0 Å². The number of hydrogen-bond donors (Lipinski definition) is 0. The van der Waals surface area contributed by atoms with Gasteiger partial charge in [0.25, 0.3) is 5.56 Å². The van der Waals surface area contributed by atoms with Crippen LogP contribution in [0.2, 0.25) is 0 Å². The molecule has 1 aliphatic rings. The molecule has 5 nitrogen and oxygen atoms in total. The molecule has 0 amide bonds. The molecule has 0 bridgehead atoms. The number of para-hydroxylation sites is 1. The standard InChI is InChI=1S/C22H14FN3O2S/c23-17-8-5-14(6-9-17)7-10-20-24-22-26(25-20)21(27)19(29-22)12-15-11-16-3-1-2-4-18(16)28-13-15/h1-12H,13H2/b10-7+,19-12+. The third kappa shape index (κ3) is 3.48. The van der Waals surface area contributed by atoms with Crippen molar-refractivity contribution in [1.82, 2.24) is 14.6 Å². The molecule has 7 heteroatoms. The van der Waals surface area contributed by atoms with Gasteiger partial charge in [-0.15, -0.1) is 5.10 Å². The Morgan fingerprint density at radius 3 is 2.76 bits per heavy atom. The van der Waals surface area contributed by atoms with Crippen LogP contribution in [0.15, 0.2) is 58.9 Å². The van der Waals surface area contributed by atoms with Crippen molar-refractivity contribution in [3.05, 3.63) is 91.8 Å². The van der Waals surface area contributed by atoms with Crippen molar-refractivity contribution >= 4 is 40.6 Å². The largest absolute Gasteiger partial charge is 0.488 e. The summed E-state index contributed by atoms with van der Waals surface area (Å²) < 4.78 is 20.6. The number of rotatable bonds is 3. The summed E-state index contributed by atoms with van der Waals surface area (Å²) in [6, 6.07) is 13.9. The van der Waals surface area contributed by atoms with Gasteiger partial charge in [0, 0.05) is 5.56 Å². The monoisotopic (exact) mass is 403 g/mol. The van der Waals surface area contributed by atoms with E-state index in [2.05, 4.69) is 10.1 Å². The molecule has 0 aliphatic carbocycles. The maximum Gasteiger partial charge on any atom is 0.291 e. The van der Waals surface area contributed by atoms with Gasteiger partial charge in [-0.05, 0) is 47.6 Å². The second kappa shape index (κ2) is 7.10. The molecule has 3 heterocycles. The van der Waals surface area contributed by atoms with Gasteiger partial charge in [-0.1, -0.05) is 47.7 Å². The summed E-state index contributed by atoms with van der Waals surface area (Å²) in [7, 11) is 0. The lowest BCUT2D eigenvalue weighted by atomic mass is 10.1. The molecular weight excluding hydrogens is 389 g/mol. The smallest absolute Gasteiger partial charge is 0.291 e. The molecule has 4 aromatic rings. The van der Waals surface area contributed by atoms with Crippen LogP contribution in [0.4, 0.5) is 4.39 Å². The summed E-state index contributed by atoms with van der Waals surface area (Å²) in [5.74, 6) is 0.982. The lowest BCUT2D eigenvalue weighted by molar-refractivity contribution is 0.352. The zero-order valence-corrected chi connectivity index (χ0v) is 15.9. The Hall–Kier alpha value is -3.58. The fourth-order valence-corrected chi connectivity index (χ4v) is 3.98. The van der Waals surface area contributed by atoms with E-state index in [9.17, 15) is 9.18 Å². The summed E-state index contributed by atoms with van der Waals surface area (Å²) in [6.07, 6.45) is 7.32. The van der Waals surface area contributed by atoms with Crippen LogP contribution in [0, 0.1) is 5.82 Å². The lowest BCUT2D eigenvalue weighted by Crippen LogP contribution is -2.24. The SMILES string of the molecule is O=c1/c(=C\C2=Cc3ccccc3OC2)sc2nc(/C=C/c3ccc(F)cc3)nn12. The van der Waals surface area contributed by atoms with Crippen molar-refractivity contribution in [2.24, 2.45) is 0 Å². The molecule has 2 aromatic carbocycles. The molecule has 0 saturated carbocycles. The first-order valence-electron chi connectivity index (χ1n) is 8.93. The number of hydrogen-bond acceptors (Lipinski definition) is 5. The molecule has 0 unspecified atom stereocenters. The zero-order chi connectivity index (χ0) is 19.8. The number of halogens is 1. The average Bonchev–Trinajstić information content (AvgIpc) is 3.26. The van der Waals surface area contributed by atoms with Crippen LogP contribution in [0.3, 0.4) is 0 Å². The first-order valence-corrected chi connectivity index (χ1v) is 9.75. The normalized spacial score (nSPS) is 14.2. The van der Waals surface area contributed by atoms with E-state index in [0.29, 0.717) is 21.9 Å². The third-order valence-corrected chi connectivity index (χ3v) is 5.42. The van der Waals surface area contributed by atoms with Gasteiger partial charge < -0.3 is 4.74 Å². The maximum atomic E-state index is 13.0. The van der Waals surface area contributed by atoms with E-state index < -0.39 is 0 Å². The van der Waals surface area contributed by atoms with Crippen LogP contribution in [0.5, 0.6) is 5.75 Å². The Morgan fingerprint density at radius 2 is 1.93 bits per heavy atom. The Labute approximate surface area is 168 Å². The van der Waals surface area contributed by atoms with Crippen molar-refractivity contribution in [3.63, 3.8) is 0 Å². The molecule has 0 N–H and O–H groups in total. The third-order valence-electron chi connectivity index (χ3n) is 4.46. The highest BCUT2D eigenvalue weighted by Gasteiger charge is 2.12. The summed E-state index contributed by atoms with van der Waals surface area (Å²) in [5, 5.41) is 4.27. The van der Waals surface area contributed by atoms with Gasteiger partial charge in [0.2, 0.25) is 4.96 Å². The Balaban J connectivity index is 1.45. The first-order chi connectivity index (χ1) is 14.2. The van der Waals surface area contributed by atoms with Gasteiger partial charge in [0.15, 0.2) is 5.82 Å². The zero-order valence-electron chi connectivity index (χ0n) is 15.1. The van der Waals surface area contributed by atoms with Gasteiger partial charge in [0.05, 0.1) is 4.53 Å². The second-order valence-electron chi connectivity index (χ2n) is 6.51. The number of aromatic nitrogens is 3. The fraction of sp³-hybridized carbons (Fsp3) is 0.0455. The molecular formula is C22H14FN3O2S. The van der Waals surface area contributed by atoms with Crippen molar-refractivity contribution in [2.75, 3.05) is 6.61 Å². The molecule has 0 fully saturated rings. The van der Waals surface area contributed by atoms with Crippen LogP contribution >= 0.6 is 11.3 Å². The minimum absolute atomic E-state index is 0.210. The van der Waals surface area contributed by atoms with Crippen molar-refractivity contribution < 1.29 is 9.13 Å². The highest BCUT2D eigenvalue weighted by molar-refractivity contribution is 7.15. The molecule has 0 atom stereocenters. The molecule has 5 rings (SSSR count). The maximum absolute atomic E-state index is 13.0. The minimum atomic E-state index is -0.287. The topological polar surface area (TPSA) is 56.5 Å². The van der Waals surface area contributed by atoms with Crippen molar-refractivity contribution in [2.45, 2.75) is 0 Å². The van der Waals surface area contributed by atoms with E-state index in [1.807, 2.05) is 36.4 Å². The number of fused-ring (bicyclic) bond motifs is 2. The van der Waals surface area contributed by atoms with E-state index >= 15 is 0 Å². The summed E-state index contributed by atoms with van der Waals surface area (Å²) in [6.45, 7) is 0.412. The minimum Gasteiger partial charge on any atom is -0.488 e. The van der Waals surface area contributed by atoms with Crippen LogP contribution in [-0.2, 0) is 0 Å². The number of ether oxygens (including phenoxy) is 1. The highest BCUT2D eigenvalue weighted by Crippen LogP contribution is 2.26. The predicted octanol–water partition coefficient (Wildman–Crippen LogP) is 3.44. The molecule has 2 aromatic heterocycles. The van der Waals surface area contributed by atoms with E-state index in [0.717, 1.165) is 22.4 Å². The van der Waals surface area contributed by atoms with E-state index in [4.69, 9.17) is 4.74 Å². The first kappa shape index (κ1) is 17.5.